The number of nitrogens with one attached hydrogen (secondary N) is 1. The van der Waals surface area contributed by atoms with Gasteiger partial charge < -0.3 is 0 Å². The molecule has 0 heterocycles. The summed E-state index contributed by atoms with van der Waals surface area (Å²) in [6.45, 7) is -0.537. The van der Waals surface area contributed by atoms with Gasteiger partial charge in [-0.3, -0.25) is 0 Å². The molecular weight excluding hydrogens is 310 g/mol. The van der Waals surface area contributed by atoms with Crippen LogP contribution in [0.3, 0.4) is 0 Å². The SMILES string of the molecule is O=S(=O)(NCC#CI)C(F)(F)F. The lowest BCUT2D eigenvalue weighted by Gasteiger charge is -2.06. The molecule has 1 N–H and O–H groups in total. The van der Waals surface area contributed by atoms with Gasteiger partial charge in [0.05, 0.1) is 6.54 Å². The number of hydrogen-bond acceptors (Lipinski definition) is 2. The smallest absolute Gasteiger partial charge is 0.203 e. The van der Waals surface area contributed by atoms with Crippen LogP contribution in [0.2, 0.25) is 0 Å². The molecule has 0 aliphatic heterocycles. The van der Waals surface area contributed by atoms with Crippen molar-refractivity contribution in [3.05, 3.63) is 0 Å². The van der Waals surface area contributed by atoms with Crippen molar-refractivity contribution in [1.82, 2.24) is 4.72 Å². The predicted octanol–water partition coefficient (Wildman–Crippen LogP) is 0.822. The third-order valence-electron chi connectivity index (χ3n) is 0.722. The van der Waals surface area contributed by atoms with Crippen LogP contribution in [0.15, 0.2) is 0 Å². The molecule has 3 nitrogen and oxygen atoms in total. The fraction of sp³-hybridized carbons (Fsp3) is 0.500. The van der Waals surface area contributed by atoms with E-state index in [0.29, 0.717) is 0 Å². The Morgan fingerprint density at radius 2 is 1.92 bits per heavy atom. The Bertz CT molecular complexity index is 298. The molecule has 0 saturated carbocycles. The number of rotatable bonds is 2. The van der Waals surface area contributed by atoms with Gasteiger partial charge in [0.25, 0.3) is 0 Å². The van der Waals surface area contributed by atoms with Gasteiger partial charge in [-0.15, -0.1) is 0 Å². The van der Waals surface area contributed by atoms with Crippen molar-refractivity contribution in [2.24, 2.45) is 0 Å². The third kappa shape index (κ3) is 3.59. The van der Waals surface area contributed by atoms with Gasteiger partial charge in [0, 0.05) is 22.6 Å². The van der Waals surface area contributed by atoms with E-state index >= 15 is 0 Å². The second kappa shape index (κ2) is 4.29. The van der Waals surface area contributed by atoms with Crippen molar-refractivity contribution >= 4 is 32.6 Å². The average molecular weight is 313 g/mol. The zero-order chi connectivity index (χ0) is 9.83. The van der Waals surface area contributed by atoms with Crippen molar-refractivity contribution < 1.29 is 21.6 Å². The normalized spacial score (nSPS) is 12.0. The zero-order valence-electron chi connectivity index (χ0n) is 5.44. The molecule has 0 aromatic carbocycles. The Morgan fingerprint density at radius 3 is 2.25 bits per heavy atom. The number of alkyl halides is 3. The molecule has 12 heavy (non-hydrogen) atoms. The van der Waals surface area contributed by atoms with Crippen LogP contribution in [0, 0.1) is 9.85 Å². The Labute approximate surface area is 80.9 Å². The van der Waals surface area contributed by atoms with Crippen molar-refractivity contribution in [2.45, 2.75) is 5.51 Å². The lowest BCUT2D eigenvalue weighted by Crippen LogP contribution is -2.36. The Morgan fingerprint density at radius 1 is 1.42 bits per heavy atom. The monoisotopic (exact) mass is 313 g/mol. The van der Waals surface area contributed by atoms with Crippen LogP contribution in [0.5, 0.6) is 0 Å². The lowest BCUT2D eigenvalue weighted by atomic mass is 10.7. The topological polar surface area (TPSA) is 46.2 Å². The van der Waals surface area contributed by atoms with Crippen molar-refractivity contribution in [2.75, 3.05) is 6.54 Å². The second-order valence-electron chi connectivity index (χ2n) is 1.54. The van der Waals surface area contributed by atoms with Crippen LogP contribution in [-0.4, -0.2) is 20.5 Å². The van der Waals surface area contributed by atoms with Crippen molar-refractivity contribution in [3.63, 3.8) is 0 Å². The Hall–Kier alpha value is -0.0100. The maximum atomic E-state index is 11.6. The molecule has 0 aliphatic carbocycles. The molecule has 0 bridgehead atoms. The summed E-state index contributed by atoms with van der Waals surface area (Å²) < 4.78 is 58.6. The Kier molecular flexibility index (Phi) is 4.29. The van der Waals surface area contributed by atoms with E-state index in [1.807, 2.05) is 0 Å². The van der Waals surface area contributed by atoms with Gasteiger partial charge >= 0.3 is 15.5 Å². The summed E-state index contributed by atoms with van der Waals surface area (Å²) in [5, 5.41) is 0. The molecule has 8 heteroatoms. The molecule has 0 aromatic heterocycles. The largest absolute Gasteiger partial charge is 0.511 e. The second-order valence-corrected chi connectivity index (χ2v) is 3.84. The van der Waals surface area contributed by atoms with E-state index in [9.17, 15) is 21.6 Å². The van der Waals surface area contributed by atoms with Crippen molar-refractivity contribution in [1.29, 1.82) is 0 Å². The molecule has 0 spiro atoms. The van der Waals surface area contributed by atoms with Gasteiger partial charge in [-0.1, -0.05) is 5.92 Å². The lowest BCUT2D eigenvalue weighted by molar-refractivity contribution is -0.0446. The Balaban J connectivity index is 4.33. The van der Waals surface area contributed by atoms with E-state index in [2.05, 4.69) is 9.85 Å². The molecule has 0 rings (SSSR count). The highest BCUT2D eigenvalue weighted by atomic mass is 127. The summed E-state index contributed by atoms with van der Waals surface area (Å²) >= 11 is 1.58. The van der Waals surface area contributed by atoms with E-state index in [0.717, 1.165) is 0 Å². The fourth-order valence-electron chi connectivity index (χ4n) is 0.246. The summed E-state index contributed by atoms with van der Waals surface area (Å²) in [6.07, 6.45) is 0. The number of hydrogen-bond donors (Lipinski definition) is 1. The highest BCUT2D eigenvalue weighted by Gasteiger charge is 2.45. The van der Waals surface area contributed by atoms with Gasteiger partial charge in [-0.25, -0.2) is 8.42 Å². The molecule has 0 radical (unpaired) electrons. The summed E-state index contributed by atoms with van der Waals surface area (Å²) in [5.74, 6) is 2.12. The molecule has 0 unspecified atom stereocenters. The van der Waals surface area contributed by atoms with Crippen LogP contribution in [0.25, 0.3) is 0 Å². The average Bonchev–Trinajstić information content (AvgIpc) is 1.85. The van der Waals surface area contributed by atoms with Gasteiger partial charge in [-0.05, 0) is 3.93 Å². The minimum Gasteiger partial charge on any atom is -0.203 e. The zero-order valence-corrected chi connectivity index (χ0v) is 8.42. The minimum absolute atomic E-state index is 0.537. The minimum atomic E-state index is -5.26. The molecular formula is C4H3F3INO2S. The van der Waals surface area contributed by atoms with Crippen LogP contribution < -0.4 is 4.72 Å². The van der Waals surface area contributed by atoms with Crippen LogP contribution in [-0.2, 0) is 10.0 Å². The van der Waals surface area contributed by atoms with Crippen LogP contribution >= 0.6 is 22.6 Å². The summed E-state index contributed by atoms with van der Waals surface area (Å²) in [4.78, 5) is 0. The molecule has 0 amide bonds. The van der Waals surface area contributed by atoms with E-state index in [1.54, 1.807) is 22.6 Å². The molecule has 0 aliphatic rings. The highest BCUT2D eigenvalue weighted by molar-refractivity contribution is 14.1. The first kappa shape index (κ1) is 12.0. The molecule has 70 valence electrons. The van der Waals surface area contributed by atoms with E-state index in [4.69, 9.17) is 0 Å². The molecule has 0 saturated heterocycles. The van der Waals surface area contributed by atoms with Crippen LogP contribution in [0.1, 0.15) is 0 Å². The summed E-state index contributed by atoms with van der Waals surface area (Å²) in [7, 11) is -5.23. The first-order valence-electron chi connectivity index (χ1n) is 2.45. The standard InChI is InChI=1S/C4H3F3INO2S/c5-4(6,7)12(10,11)9-3-1-2-8/h9H,3H2. The first-order valence-corrected chi connectivity index (χ1v) is 5.02. The fourth-order valence-corrected chi connectivity index (χ4v) is 0.863. The van der Waals surface area contributed by atoms with E-state index in [1.165, 1.54) is 4.72 Å². The number of sulfonamides is 1. The molecule has 0 aromatic rings. The van der Waals surface area contributed by atoms with Gasteiger partial charge in [0.1, 0.15) is 0 Å². The van der Waals surface area contributed by atoms with Gasteiger partial charge in [0.15, 0.2) is 0 Å². The maximum absolute atomic E-state index is 11.6. The van der Waals surface area contributed by atoms with Gasteiger partial charge in [0.2, 0.25) is 0 Å². The molecule has 0 fully saturated rings. The summed E-state index contributed by atoms with van der Waals surface area (Å²) in [5.41, 5.74) is -5.26. The van der Waals surface area contributed by atoms with Gasteiger partial charge in [-0.2, -0.15) is 17.9 Å². The highest BCUT2D eigenvalue weighted by Crippen LogP contribution is 2.20. The van der Waals surface area contributed by atoms with E-state index in [-0.39, 0.29) is 0 Å². The molecule has 0 atom stereocenters. The first-order chi connectivity index (χ1) is 5.31. The third-order valence-corrected chi connectivity index (χ3v) is 2.24. The van der Waals surface area contributed by atoms with E-state index < -0.39 is 22.1 Å². The van der Waals surface area contributed by atoms with Crippen molar-refractivity contribution in [3.8, 4) is 9.85 Å². The maximum Gasteiger partial charge on any atom is 0.511 e. The number of halogens is 4. The predicted molar refractivity (Wildman–Crippen MR) is 44.8 cm³/mol. The summed E-state index contributed by atoms with van der Waals surface area (Å²) in [6, 6.07) is 0. The van der Waals surface area contributed by atoms with Crippen LogP contribution in [0.4, 0.5) is 13.2 Å². The quantitative estimate of drug-likeness (QED) is 0.606.